The zero-order chi connectivity index (χ0) is 11.0. The topological polar surface area (TPSA) is 69.5 Å². The Balaban J connectivity index is 2.30. The second kappa shape index (κ2) is 3.27. The van der Waals surface area contributed by atoms with Gasteiger partial charge in [0.15, 0.2) is 0 Å². The van der Waals surface area contributed by atoms with Crippen LogP contribution in [0.1, 0.15) is 0 Å². The summed E-state index contributed by atoms with van der Waals surface area (Å²) in [5.74, 6) is 0. The number of hydrogen-bond acceptors (Lipinski definition) is 3. The molecular weight excluding hydrogens is 206 g/mol. The van der Waals surface area contributed by atoms with Gasteiger partial charge in [-0.25, -0.2) is 0 Å². The molecule has 3 rings (SSSR count). The van der Waals surface area contributed by atoms with Gasteiger partial charge in [0.1, 0.15) is 6.20 Å². The van der Waals surface area contributed by atoms with Crippen LogP contribution in [0, 0.1) is 15.7 Å². The van der Waals surface area contributed by atoms with Crippen molar-refractivity contribution in [3.05, 3.63) is 58.6 Å². The Morgan fingerprint density at radius 1 is 1.25 bits per heavy atom. The molecule has 2 aliphatic heterocycles. The Kier molecular flexibility index (Phi) is 1.79. The van der Waals surface area contributed by atoms with Crippen LogP contribution in [0.2, 0.25) is 0 Å². The van der Waals surface area contributed by atoms with Crippen LogP contribution < -0.4 is 4.43 Å². The van der Waals surface area contributed by atoms with Gasteiger partial charge in [0.25, 0.3) is 6.33 Å². The summed E-state index contributed by atoms with van der Waals surface area (Å²) in [6.07, 6.45) is 2.76. The van der Waals surface area contributed by atoms with Crippen molar-refractivity contribution < 1.29 is 4.43 Å². The fourth-order valence-corrected chi connectivity index (χ4v) is 1.49. The maximum atomic E-state index is 11.3. The van der Waals surface area contributed by atoms with E-state index in [9.17, 15) is 4.91 Å². The molecule has 0 radical (unpaired) electrons. The average molecular weight is 214 g/mol. The second-order valence-electron chi connectivity index (χ2n) is 3.31. The van der Waals surface area contributed by atoms with Crippen molar-refractivity contribution in [3.8, 4) is 5.69 Å². The van der Waals surface area contributed by atoms with E-state index >= 15 is 0 Å². The van der Waals surface area contributed by atoms with Gasteiger partial charge in [-0.2, -0.15) is 5.10 Å². The van der Waals surface area contributed by atoms with Crippen molar-refractivity contribution in [2.75, 3.05) is 0 Å². The van der Waals surface area contributed by atoms with E-state index in [1.807, 2.05) is 30.3 Å². The van der Waals surface area contributed by atoms with E-state index < -0.39 is 0 Å². The van der Waals surface area contributed by atoms with Crippen LogP contribution in [0.3, 0.4) is 0 Å². The lowest BCUT2D eigenvalue weighted by Gasteiger charge is -1.99. The van der Waals surface area contributed by atoms with Crippen LogP contribution in [-0.2, 0) is 0 Å². The minimum atomic E-state index is 0.388. The molecule has 0 amide bonds. The number of para-hydroxylation sites is 1. The summed E-state index contributed by atoms with van der Waals surface area (Å²) in [7, 11) is 0. The fourth-order valence-electron chi connectivity index (χ4n) is 1.49. The summed E-state index contributed by atoms with van der Waals surface area (Å²) < 4.78 is 0.677. The summed E-state index contributed by atoms with van der Waals surface area (Å²) in [4.78, 5) is 16.8. The summed E-state index contributed by atoms with van der Waals surface area (Å²) in [5, 5.41) is 7.57. The summed E-state index contributed by atoms with van der Waals surface area (Å²) in [6.45, 7) is 0. The molecule has 2 aliphatic rings. The van der Waals surface area contributed by atoms with Gasteiger partial charge in [-0.05, 0) is 12.1 Å². The van der Waals surface area contributed by atoms with Crippen LogP contribution >= 0.6 is 0 Å². The maximum Gasteiger partial charge on any atom is 0.332 e. The summed E-state index contributed by atoms with van der Waals surface area (Å²) >= 11 is 0. The van der Waals surface area contributed by atoms with Crippen LogP contribution in [-0.4, -0.2) is 20.0 Å². The SMILES string of the molecule is O=[n+]1cnc2cnn(-c3ccccc3)[nH]c1=2. The van der Waals surface area contributed by atoms with E-state index in [-0.39, 0.29) is 0 Å². The first-order valence-electron chi connectivity index (χ1n) is 4.75. The molecule has 0 unspecified atom stereocenters. The van der Waals surface area contributed by atoms with E-state index in [0.717, 1.165) is 5.69 Å². The summed E-state index contributed by atoms with van der Waals surface area (Å²) in [5.41, 5.74) is 1.24. The lowest BCUT2D eigenvalue weighted by Crippen LogP contribution is -2.17. The number of benzene rings is 1. The third-order valence-corrected chi connectivity index (χ3v) is 2.27. The summed E-state index contributed by atoms with van der Waals surface area (Å²) in [6, 6.07) is 9.50. The monoisotopic (exact) mass is 214 g/mol. The van der Waals surface area contributed by atoms with Gasteiger partial charge in [0.05, 0.1) is 5.69 Å². The number of aromatic amines is 1. The number of nitrogens with zero attached hydrogens (tertiary/aromatic N) is 4. The van der Waals surface area contributed by atoms with E-state index in [1.54, 1.807) is 6.20 Å². The standard InChI is InChI=1S/C10H8N5O/c16-14-7-11-9-6-12-15(13-10(9)14)8-4-2-1-3-5-8/h1-7,13H/q+1. The largest absolute Gasteiger partial charge is 0.332 e. The number of H-pyrrole nitrogens is 1. The van der Waals surface area contributed by atoms with Crippen molar-refractivity contribution >= 4 is 0 Å². The number of hydrogen-bond donors (Lipinski definition) is 1. The Labute approximate surface area is 89.4 Å². The molecule has 1 aromatic carbocycles. The minimum Gasteiger partial charge on any atom is -0.179 e. The van der Waals surface area contributed by atoms with Crippen molar-refractivity contribution in [2.24, 2.45) is 0 Å². The molecule has 0 atom stereocenters. The van der Waals surface area contributed by atoms with Crippen LogP contribution in [0.4, 0.5) is 0 Å². The maximum absolute atomic E-state index is 11.3. The first-order valence-corrected chi connectivity index (χ1v) is 4.75. The molecule has 78 valence electrons. The Morgan fingerprint density at radius 2 is 2.06 bits per heavy atom. The Hall–Kier alpha value is -2.50. The van der Waals surface area contributed by atoms with Crippen molar-refractivity contribution in [1.82, 2.24) is 20.0 Å². The minimum absolute atomic E-state index is 0.388. The van der Waals surface area contributed by atoms with E-state index in [2.05, 4.69) is 15.2 Å². The Morgan fingerprint density at radius 3 is 2.88 bits per heavy atom. The second-order valence-corrected chi connectivity index (χ2v) is 3.31. The lowest BCUT2D eigenvalue weighted by atomic mass is 10.3. The van der Waals surface area contributed by atoms with Crippen molar-refractivity contribution in [2.45, 2.75) is 0 Å². The highest BCUT2D eigenvalue weighted by Crippen LogP contribution is 2.01. The number of nitrogens with one attached hydrogen (secondary N) is 1. The first kappa shape index (κ1) is 8.78. The van der Waals surface area contributed by atoms with E-state index in [0.29, 0.717) is 15.3 Å². The van der Waals surface area contributed by atoms with Gasteiger partial charge >= 0.3 is 5.48 Å². The smallest absolute Gasteiger partial charge is 0.179 e. The molecule has 16 heavy (non-hydrogen) atoms. The molecule has 0 bridgehead atoms. The Bertz CT molecular complexity index is 730. The molecule has 1 aromatic rings. The van der Waals surface area contributed by atoms with Crippen molar-refractivity contribution in [3.63, 3.8) is 0 Å². The molecular formula is C10H8N5O+. The van der Waals surface area contributed by atoms with E-state index in [4.69, 9.17) is 0 Å². The molecule has 0 saturated carbocycles. The van der Waals surface area contributed by atoms with E-state index in [1.165, 1.54) is 11.1 Å². The molecule has 6 nitrogen and oxygen atoms in total. The molecule has 0 saturated heterocycles. The molecule has 6 heteroatoms. The predicted molar refractivity (Wildman–Crippen MR) is 54.4 cm³/mol. The van der Waals surface area contributed by atoms with Gasteiger partial charge in [0.2, 0.25) is 5.35 Å². The molecule has 0 aliphatic carbocycles. The third kappa shape index (κ3) is 1.28. The fraction of sp³-hybridized carbons (Fsp3) is 0. The molecule has 0 aromatic heterocycles. The third-order valence-electron chi connectivity index (χ3n) is 2.27. The molecule has 0 fully saturated rings. The van der Waals surface area contributed by atoms with Gasteiger partial charge in [-0.15, -0.1) is 9.90 Å². The quantitative estimate of drug-likeness (QED) is 0.590. The van der Waals surface area contributed by atoms with Crippen molar-refractivity contribution in [1.29, 1.82) is 0 Å². The zero-order valence-electron chi connectivity index (χ0n) is 8.24. The molecule has 1 N–H and O–H groups in total. The number of rotatable bonds is 1. The molecule has 2 heterocycles. The number of aromatic nitrogens is 5. The average Bonchev–Trinajstić information content (AvgIpc) is 2.72. The highest BCUT2D eigenvalue weighted by atomic mass is 16.3. The zero-order valence-corrected chi connectivity index (χ0v) is 8.24. The van der Waals surface area contributed by atoms with Gasteiger partial charge < -0.3 is 0 Å². The van der Waals surface area contributed by atoms with Gasteiger partial charge in [-0.3, -0.25) is 0 Å². The van der Waals surface area contributed by atoms with Crippen LogP contribution in [0.25, 0.3) is 5.69 Å². The van der Waals surface area contributed by atoms with Crippen LogP contribution in [0.15, 0.2) is 42.9 Å². The predicted octanol–water partition coefficient (Wildman–Crippen LogP) is 0.235. The molecule has 0 spiro atoms. The van der Waals surface area contributed by atoms with Crippen LogP contribution in [0.5, 0.6) is 0 Å². The van der Waals surface area contributed by atoms with Gasteiger partial charge in [0, 0.05) is 4.43 Å². The lowest BCUT2D eigenvalue weighted by molar-refractivity contribution is -0.509. The van der Waals surface area contributed by atoms with Gasteiger partial charge in [-0.1, -0.05) is 28.1 Å². The first-order chi connectivity index (χ1) is 7.84. The highest BCUT2D eigenvalue weighted by Gasteiger charge is 2.06. The normalized spacial score (nSPS) is 10.8. The highest BCUT2D eigenvalue weighted by molar-refractivity contribution is 5.27.